The summed E-state index contributed by atoms with van der Waals surface area (Å²) in [5.74, 6) is 1.08. The molecule has 2 aromatic carbocycles. The Labute approximate surface area is 141 Å². The van der Waals surface area contributed by atoms with Gasteiger partial charge in [0.15, 0.2) is 6.10 Å². The molecule has 1 unspecified atom stereocenters. The van der Waals surface area contributed by atoms with Crippen LogP contribution in [-0.4, -0.2) is 18.6 Å². The molecule has 0 aliphatic rings. The number of hydrogen-bond donors (Lipinski definition) is 1. The largest absolute Gasteiger partial charge is 0.494 e. The first-order valence-corrected chi connectivity index (χ1v) is 7.96. The van der Waals surface area contributed by atoms with Crippen molar-refractivity contribution in [1.82, 2.24) is 0 Å². The van der Waals surface area contributed by atoms with Crippen molar-refractivity contribution in [3.63, 3.8) is 0 Å². The van der Waals surface area contributed by atoms with Crippen molar-refractivity contribution in [2.45, 2.75) is 26.4 Å². The molecule has 0 aliphatic heterocycles. The highest BCUT2D eigenvalue weighted by molar-refractivity contribution is 6.30. The molecule has 23 heavy (non-hydrogen) atoms. The number of benzene rings is 2. The van der Waals surface area contributed by atoms with Crippen LogP contribution in [0.3, 0.4) is 0 Å². The second kappa shape index (κ2) is 8.44. The number of carbonyl (C=O) groups is 1. The van der Waals surface area contributed by atoms with Crippen LogP contribution >= 0.6 is 11.6 Å². The number of ether oxygens (including phenoxy) is 2. The molecule has 5 heteroatoms. The minimum absolute atomic E-state index is 0.207. The number of anilines is 1. The topological polar surface area (TPSA) is 47.6 Å². The van der Waals surface area contributed by atoms with Crippen LogP contribution in [-0.2, 0) is 4.79 Å². The van der Waals surface area contributed by atoms with Crippen LogP contribution in [0.25, 0.3) is 0 Å². The van der Waals surface area contributed by atoms with Gasteiger partial charge in [-0.1, -0.05) is 30.7 Å². The molecule has 0 saturated carbocycles. The molecule has 0 radical (unpaired) electrons. The summed E-state index contributed by atoms with van der Waals surface area (Å²) in [7, 11) is 0. The van der Waals surface area contributed by atoms with E-state index in [0.29, 0.717) is 35.2 Å². The fourth-order valence-electron chi connectivity index (χ4n) is 2.08. The summed E-state index contributed by atoms with van der Waals surface area (Å²) in [5, 5.41) is 3.42. The van der Waals surface area contributed by atoms with Gasteiger partial charge in [-0.3, -0.25) is 4.79 Å². The average molecular weight is 334 g/mol. The minimum Gasteiger partial charge on any atom is -0.494 e. The van der Waals surface area contributed by atoms with Crippen LogP contribution in [0.1, 0.15) is 20.3 Å². The summed E-state index contributed by atoms with van der Waals surface area (Å²) in [6.45, 7) is 4.38. The molecule has 4 nitrogen and oxygen atoms in total. The Morgan fingerprint density at radius 3 is 2.57 bits per heavy atom. The third-order valence-electron chi connectivity index (χ3n) is 3.15. The van der Waals surface area contributed by atoms with Crippen molar-refractivity contribution in [2.24, 2.45) is 0 Å². The van der Waals surface area contributed by atoms with Gasteiger partial charge in [0.1, 0.15) is 11.5 Å². The Hall–Kier alpha value is -2.20. The zero-order valence-electron chi connectivity index (χ0n) is 13.2. The van der Waals surface area contributed by atoms with Gasteiger partial charge in [0.25, 0.3) is 5.91 Å². The lowest BCUT2D eigenvalue weighted by molar-refractivity contribution is -0.122. The molecule has 1 amide bonds. The van der Waals surface area contributed by atoms with E-state index in [4.69, 9.17) is 21.1 Å². The van der Waals surface area contributed by atoms with Gasteiger partial charge in [-0.25, -0.2) is 0 Å². The molecule has 2 rings (SSSR count). The van der Waals surface area contributed by atoms with E-state index in [2.05, 4.69) is 5.32 Å². The highest BCUT2D eigenvalue weighted by Crippen LogP contribution is 2.21. The van der Waals surface area contributed by atoms with Crippen molar-refractivity contribution in [2.75, 3.05) is 11.9 Å². The van der Waals surface area contributed by atoms with Gasteiger partial charge in [0.05, 0.1) is 6.61 Å². The van der Waals surface area contributed by atoms with Gasteiger partial charge in [-0.05, 0) is 43.7 Å². The fraction of sp³-hybridized carbons (Fsp3) is 0.278. The van der Waals surface area contributed by atoms with Crippen LogP contribution in [0.15, 0.2) is 48.5 Å². The number of rotatable bonds is 7. The maximum atomic E-state index is 12.4. The Bertz CT molecular complexity index is 660. The minimum atomic E-state index is -0.593. The molecule has 0 bridgehead atoms. The normalized spacial score (nSPS) is 11.6. The molecular formula is C18H20ClNO3. The van der Waals surface area contributed by atoms with Gasteiger partial charge in [0.2, 0.25) is 0 Å². The van der Waals surface area contributed by atoms with Crippen molar-refractivity contribution < 1.29 is 14.3 Å². The molecule has 0 heterocycles. The first kappa shape index (κ1) is 17.2. The van der Waals surface area contributed by atoms with Gasteiger partial charge < -0.3 is 14.8 Å². The molecule has 0 fully saturated rings. The molecule has 0 spiro atoms. The second-order valence-electron chi connectivity index (χ2n) is 4.92. The van der Waals surface area contributed by atoms with Gasteiger partial charge in [0, 0.05) is 16.8 Å². The van der Waals surface area contributed by atoms with E-state index < -0.39 is 6.10 Å². The number of hydrogen-bond acceptors (Lipinski definition) is 3. The predicted molar refractivity (Wildman–Crippen MR) is 92.4 cm³/mol. The van der Waals surface area contributed by atoms with Crippen molar-refractivity contribution >= 4 is 23.2 Å². The van der Waals surface area contributed by atoms with Crippen LogP contribution in [0.2, 0.25) is 5.02 Å². The first-order valence-electron chi connectivity index (χ1n) is 7.58. The summed E-state index contributed by atoms with van der Waals surface area (Å²) < 4.78 is 11.2. The molecule has 122 valence electrons. The van der Waals surface area contributed by atoms with Crippen molar-refractivity contribution in [1.29, 1.82) is 0 Å². The van der Waals surface area contributed by atoms with Crippen molar-refractivity contribution in [3.05, 3.63) is 53.6 Å². The monoisotopic (exact) mass is 333 g/mol. The van der Waals surface area contributed by atoms with E-state index in [1.54, 1.807) is 30.3 Å². The maximum Gasteiger partial charge on any atom is 0.265 e. The van der Waals surface area contributed by atoms with Crippen LogP contribution < -0.4 is 14.8 Å². The summed E-state index contributed by atoms with van der Waals surface area (Å²) >= 11 is 5.93. The molecule has 0 saturated heterocycles. The van der Waals surface area contributed by atoms with Crippen LogP contribution in [0.4, 0.5) is 5.69 Å². The standard InChI is InChI=1S/C18H20ClNO3/c1-3-17(23-16-10-5-7-13(19)11-16)18(21)20-14-8-6-9-15(12-14)22-4-2/h5-12,17H,3-4H2,1-2H3,(H,20,21). The quantitative estimate of drug-likeness (QED) is 0.809. The van der Waals surface area contributed by atoms with Crippen LogP contribution in [0, 0.1) is 0 Å². The third kappa shape index (κ3) is 5.18. The van der Waals surface area contributed by atoms with E-state index in [9.17, 15) is 4.79 Å². The summed E-state index contributed by atoms with van der Waals surface area (Å²) in [4.78, 5) is 12.4. The first-order chi connectivity index (χ1) is 11.1. The summed E-state index contributed by atoms with van der Waals surface area (Å²) in [6, 6.07) is 14.3. The lowest BCUT2D eigenvalue weighted by atomic mass is 10.2. The van der Waals surface area contributed by atoms with Crippen molar-refractivity contribution in [3.8, 4) is 11.5 Å². The average Bonchev–Trinajstić information content (AvgIpc) is 2.53. The number of halogens is 1. The van der Waals surface area contributed by atoms with E-state index in [1.807, 2.05) is 32.0 Å². The smallest absolute Gasteiger partial charge is 0.265 e. The number of nitrogens with one attached hydrogen (secondary N) is 1. The van der Waals surface area contributed by atoms with Gasteiger partial charge in [-0.2, -0.15) is 0 Å². The fourth-order valence-corrected chi connectivity index (χ4v) is 2.26. The highest BCUT2D eigenvalue weighted by Gasteiger charge is 2.18. The molecule has 0 aromatic heterocycles. The number of carbonyl (C=O) groups excluding carboxylic acids is 1. The van der Waals surface area contributed by atoms with Gasteiger partial charge >= 0.3 is 0 Å². The van der Waals surface area contributed by atoms with E-state index in [-0.39, 0.29) is 5.91 Å². The second-order valence-corrected chi connectivity index (χ2v) is 5.36. The predicted octanol–water partition coefficient (Wildman–Crippen LogP) is 4.53. The Kier molecular flexibility index (Phi) is 6.29. The SMILES string of the molecule is CCOc1cccc(NC(=O)C(CC)Oc2cccc(Cl)c2)c1. The molecule has 1 N–H and O–H groups in total. The lowest BCUT2D eigenvalue weighted by Crippen LogP contribution is -2.32. The molecule has 0 aliphatic carbocycles. The third-order valence-corrected chi connectivity index (χ3v) is 3.39. The summed E-state index contributed by atoms with van der Waals surface area (Å²) in [6.07, 6.45) is -0.0482. The zero-order valence-corrected chi connectivity index (χ0v) is 14.0. The van der Waals surface area contributed by atoms with E-state index in [1.165, 1.54) is 0 Å². The summed E-state index contributed by atoms with van der Waals surface area (Å²) in [5.41, 5.74) is 0.675. The molecule has 1 atom stereocenters. The van der Waals surface area contributed by atoms with Gasteiger partial charge in [-0.15, -0.1) is 0 Å². The Balaban J connectivity index is 2.03. The molecule has 2 aromatic rings. The Morgan fingerprint density at radius 2 is 1.87 bits per heavy atom. The van der Waals surface area contributed by atoms with Crippen LogP contribution in [0.5, 0.6) is 11.5 Å². The highest BCUT2D eigenvalue weighted by atomic mass is 35.5. The maximum absolute atomic E-state index is 12.4. The lowest BCUT2D eigenvalue weighted by Gasteiger charge is -2.17. The molecular weight excluding hydrogens is 314 g/mol. The van der Waals surface area contributed by atoms with E-state index in [0.717, 1.165) is 0 Å². The number of amides is 1. The zero-order chi connectivity index (χ0) is 16.7. The Morgan fingerprint density at radius 1 is 1.13 bits per heavy atom. The van der Waals surface area contributed by atoms with E-state index >= 15 is 0 Å².